The van der Waals surface area contributed by atoms with Gasteiger partial charge in [0, 0.05) is 43.1 Å². The van der Waals surface area contributed by atoms with E-state index >= 15 is 0 Å². The summed E-state index contributed by atoms with van der Waals surface area (Å²) in [5.41, 5.74) is 8.49. The standard InChI is InChI=1S/C24H34N8O3/c1-13(11-28-21(33)14(2)34-6)29-23-26-9-8-16(30-23)19-18(31-22(32-19)24(3,4)5)15-10-17(35-7)20(25)27-12-15/h8-10,12-14H,11H2,1-7H3,(H2,25,27)(H,28,33)(H,31,32)(H,26,29,30). The largest absolute Gasteiger partial charge is 0.493 e. The van der Waals surface area contributed by atoms with Gasteiger partial charge in [-0.2, -0.15) is 0 Å². The zero-order valence-electron chi connectivity index (χ0n) is 21.3. The number of amides is 1. The number of anilines is 2. The van der Waals surface area contributed by atoms with E-state index in [1.807, 2.05) is 13.0 Å². The number of methoxy groups -OCH3 is 2. The van der Waals surface area contributed by atoms with E-state index in [1.54, 1.807) is 32.5 Å². The molecule has 1 amide bonds. The van der Waals surface area contributed by atoms with Crippen LogP contribution in [0.1, 0.15) is 40.4 Å². The molecule has 0 aliphatic rings. The van der Waals surface area contributed by atoms with E-state index in [0.717, 1.165) is 17.1 Å². The predicted octanol–water partition coefficient (Wildman–Crippen LogP) is 2.77. The van der Waals surface area contributed by atoms with Crippen LogP contribution < -0.4 is 21.1 Å². The molecule has 0 bridgehead atoms. The molecule has 0 radical (unpaired) electrons. The first kappa shape index (κ1) is 25.9. The average molecular weight is 483 g/mol. The van der Waals surface area contributed by atoms with Gasteiger partial charge in [-0.3, -0.25) is 4.79 Å². The fraction of sp³-hybridized carbons (Fsp3) is 0.458. The number of nitrogens with zero attached hydrogens (tertiary/aromatic N) is 4. The number of pyridine rings is 1. The number of imidazole rings is 1. The van der Waals surface area contributed by atoms with Crippen molar-refractivity contribution in [3.8, 4) is 28.4 Å². The Balaban J connectivity index is 1.91. The summed E-state index contributed by atoms with van der Waals surface area (Å²) in [6.07, 6.45) is 2.82. The monoisotopic (exact) mass is 482 g/mol. The molecule has 3 heterocycles. The van der Waals surface area contributed by atoms with Crippen LogP contribution >= 0.6 is 0 Å². The van der Waals surface area contributed by atoms with Crippen molar-refractivity contribution in [3.63, 3.8) is 0 Å². The van der Waals surface area contributed by atoms with E-state index in [9.17, 15) is 4.79 Å². The summed E-state index contributed by atoms with van der Waals surface area (Å²) in [7, 11) is 3.04. The SMILES string of the molecule is COc1cc(-c2nc(C(C)(C)C)[nH]c2-c2ccnc(NC(C)CNC(=O)C(C)OC)n2)cnc1N. The number of carbonyl (C=O) groups is 1. The Labute approximate surface area is 205 Å². The van der Waals surface area contributed by atoms with Crippen molar-refractivity contribution < 1.29 is 14.3 Å². The van der Waals surface area contributed by atoms with E-state index < -0.39 is 6.10 Å². The molecule has 2 atom stereocenters. The second-order valence-corrected chi connectivity index (χ2v) is 9.30. The van der Waals surface area contributed by atoms with Crippen LogP contribution in [-0.2, 0) is 14.9 Å². The molecule has 11 heteroatoms. The first-order valence-corrected chi connectivity index (χ1v) is 11.3. The van der Waals surface area contributed by atoms with E-state index in [2.05, 4.69) is 46.4 Å². The van der Waals surface area contributed by atoms with E-state index in [0.29, 0.717) is 35.4 Å². The van der Waals surface area contributed by atoms with E-state index in [4.69, 9.17) is 25.2 Å². The third kappa shape index (κ3) is 6.24. The summed E-state index contributed by atoms with van der Waals surface area (Å²) >= 11 is 0. The normalized spacial score (nSPS) is 13.2. The maximum absolute atomic E-state index is 12.0. The van der Waals surface area contributed by atoms with Crippen molar-refractivity contribution in [2.24, 2.45) is 0 Å². The van der Waals surface area contributed by atoms with Crippen molar-refractivity contribution in [1.29, 1.82) is 0 Å². The number of nitrogen functional groups attached to an aromatic ring is 1. The minimum Gasteiger partial charge on any atom is -0.493 e. The molecule has 0 fully saturated rings. The third-order valence-corrected chi connectivity index (χ3v) is 5.38. The number of nitrogens with two attached hydrogens (primary N) is 1. The predicted molar refractivity (Wildman–Crippen MR) is 135 cm³/mol. The number of hydrogen-bond acceptors (Lipinski definition) is 9. The second-order valence-electron chi connectivity index (χ2n) is 9.30. The average Bonchev–Trinajstić information content (AvgIpc) is 3.29. The number of H-pyrrole nitrogens is 1. The number of nitrogens with one attached hydrogen (secondary N) is 3. The molecule has 0 aliphatic heterocycles. The lowest BCUT2D eigenvalue weighted by Crippen LogP contribution is -2.40. The molecule has 5 N–H and O–H groups in total. The molecule has 3 rings (SSSR count). The van der Waals surface area contributed by atoms with Crippen molar-refractivity contribution in [2.75, 3.05) is 31.8 Å². The Morgan fingerprint density at radius 3 is 2.60 bits per heavy atom. The zero-order valence-corrected chi connectivity index (χ0v) is 21.3. The number of rotatable bonds is 9. The van der Waals surface area contributed by atoms with Gasteiger partial charge in [-0.05, 0) is 26.0 Å². The number of carbonyl (C=O) groups excluding carboxylic acids is 1. The van der Waals surface area contributed by atoms with Crippen LogP contribution in [0.3, 0.4) is 0 Å². The zero-order chi connectivity index (χ0) is 25.8. The summed E-state index contributed by atoms with van der Waals surface area (Å²) in [5, 5.41) is 6.06. The fourth-order valence-electron chi connectivity index (χ4n) is 3.21. The lowest BCUT2D eigenvalue weighted by Gasteiger charge is -2.16. The van der Waals surface area contributed by atoms with Gasteiger partial charge in [0.1, 0.15) is 11.9 Å². The topological polar surface area (TPSA) is 153 Å². The Kier molecular flexibility index (Phi) is 7.90. The fourth-order valence-corrected chi connectivity index (χ4v) is 3.21. The van der Waals surface area contributed by atoms with Crippen LogP contribution in [-0.4, -0.2) is 63.7 Å². The lowest BCUT2D eigenvalue weighted by molar-refractivity contribution is -0.130. The molecule has 3 aromatic heterocycles. The number of aromatic amines is 1. The Morgan fingerprint density at radius 2 is 1.94 bits per heavy atom. The molecule has 0 aromatic carbocycles. The van der Waals surface area contributed by atoms with Crippen LogP contribution in [0.25, 0.3) is 22.6 Å². The minimum absolute atomic E-state index is 0.116. The molecule has 11 nitrogen and oxygen atoms in total. The molecule has 0 saturated heterocycles. The summed E-state index contributed by atoms with van der Waals surface area (Å²) in [5.74, 6) is 1.82. The smallest absolute Gasteiger partial charge is 0.248 e. The molecule has 3 aromatic rings. The van der Waals surface area contributed by atoms with Crippen LogP contribution in [0, 0.1) is 0 Å². The first-order valence-electron chi connectivity index (χ1n) is 11.3. The maximum Gasteiger partial charge on any atom is 0.248 e. The maximum atomic E-state index is 12.0. The minimum atomic E-state index is -0.515. The summed E-state index contributed by atoms with van der Waals surface area (Å²) in [4.78, 5) is 33.5. The van der Waals surface area contributed by atoms with Crippen LogP contribution in [0.2, 0.25) is 0 Å². The van der Waals surface area contributed by atoms with Gasteiger partial charge in [-0.15, -0.1) is 0 Å². The van der Waals surface area contributed by atoms with Crippen molar-refractivity contribution in [1.82, 2.24) is 30.2 Å². The van der Waals surface area contributed by atoms with Gasteiger partial charge in [-0.25, -0.2) is 19.9 Å². The van der Waals surface area contributed by atoms with Gasteiger partial charge >= 0.3 is 0 Å². The van der Waals surface area contributed by atoms with Crippen LogP contribution in [0.15, 0.2) is 24.5 Å². The molecule has 2 unspecified atom stereocenters. The summed E-state index contributed by atoms with van der Waals surface area (Å²) in [6, 6.07) is 3.50. The van der Waals surface area contributed by atoms with Gasteiger partial charge in [0.2, 0.25) is 11.9 Å². The van der Waals surface area contributed by atoms with E-state index in [-0.39, 0.29) is 17.4 Å². The Morgan fingerprint density at radius 1 is 1.20 bits per heavy atom. The van der Waals surface area contributed by atoms with Gasteiger partial charge in [0.15, 0.2) is 11.6 Å². The molecule has 188 valence electrons. The molecule has 0 saturated carbocycles. The van der Waals surface area contributed by atoms with Crippen molar-refractivity contribution in [3.05, 3.63) is 30.4 Å². The van der Waals surface area contributed by atoms with Gasteiger partial charge in [0.25, 0.3) is 0 Å². The number of ether oxygens (including phenoxy) is 2. The first-order chi connectivity index (χ1) is 16.5. The number of aromatic nitrogens is 5. The lowest BCUT2D eigenvalue weighted by atomic mass is 9.96. The van der Waals surface area contributed by atoms with Gasteiger partial charge < -0.3 is 30.8 Å². The molecule has 35 heavy (non-hydrogen) atoms. The Hall–Kier alpha value is -3.73. The molecular formula is C24H34N8O3. The number of hydrogen-bond donors (Lipinski definition) is 4. The highest BCUT2D eigenvalue weighted by Crippen LogP contribution is 2.34. The summed E-state index contributed by atoms with van der Waals surface area (Å²) < 4.78 is 10.4. The Bertz CT molecular complexity index is 1170. The van der Waals surface area contributed by atoms with Crippen LogP contribution in [0.5, 0.6) is 5.75 Å². The van der Waals surface area contributed by atoms with Gasteiger partial charge in [0.05, 0.1) is 24.2 Å². The highest BCUT2D eigenvalue weighted by Gasteiger charge is 2.24. The highest BCUT2D eigenvalue weighted by atomic mass is 16.5. The van der Waals surface area contributed by atoms with E-state index in [1.165, 1.54) is 7.11 Å². The molecular weight excluding hydrogens is 448 g/mol. The third-order valence-electron chi connectivity index (χ3n) is 5.38. The molecule has 0 aliphatic carbocycles. The second kappa shape index (κ2) is 10.7. The van der Waals surface area contributed by atoms with Crippen LogP contribution in [0.4, 0.5) is 11.8 Å². The molecule has 0 spiro atoms. The van der Waals surface area contributed by atoms with Crippen molar-refractivity contribution >= 4 is 17.7 Å². The summed E-state index contributed by atoms with van der Waals surface area (Å²) in [6.45, 7) is 10.2. The highest BCUT2D eigenvalue weighted by molar-refractivity contribution is 5.80. The van der Waals surface area contributed by atoms with Crippen molar-refractivity contribution in [2.45, 2.75) is 52.2 Å². The van der Waals surface area contributed by atoms with Gasteiger partial charge in [-0.1, -0.05) is 20.8 Å². The quantitative estimate of drug-likeness (QED) is 0.360.